The van der Waals surface area contributed by atoms with Crippen molar-refractivity contribution < 1.29 is 8.78 Å². The zero-order valence-corrected chi connectivity index (χ0v) is 15.3. The quantitative estimate of drug-likeness (QED) is 0.524. The zero-order chi connectivity index (χ0) is 17.9. The Morgan fingerprint density at radius 3 is 1.79 bits per heavy atom. The van der Waals surface area contributed by atoms with E-state index < -0.39 is 6.43 Å². The third-order valence-electron chi connectivity index (χ3n) is 4.70. The molecule has 0 aliphatic heterocycles. The van der Waals surface area contributed by atoms with Crippen LogP contribution in [0.1, 0.15) is 86.6 Å². The fourth-order valence-corrected chi connectivity index (χ4v) is 3.41. The van der Waals surface area contributed by atoms with Crippen LogP contribution in [0.2, 0.25) is 0 Å². The van der Waals surface area contributed by atoms with Crippen LogP contribution in [0.25, 0.3) is 0 Å². The van der Waals surface area contributed by atoms with E-state index in [-0.39, 0.29) is 11.5 Å². The van der Waals surface area contributed by atoms with Gasteiger partial charge in [-0.3, -0.25) is 0 Å². The van der Waals surface area contributed by atoms with Gasteiger partial charge in [-0.15, -0.1) is 0 Å². The summed E-state index contributed by atoms with van der Waals surface area (Å²) in [6.07, 6.45) is -1.64. The lowest BCUT2D eigenvalue weighted by Crippen LogP contribution is -2.05. The molecule has 24 heavy (non-hydrogen) atoms. The van der Waals surface area contributed by atoms with E-state index in [9.17, 15) is 8.78 Å². The summed E-state index contributed by atoms with van der Waals surface area (Å²) in [4.78, 5) is 0. The van der Waals surface area contributed by atoms with Crippen molar-refractivity contribution in [2.24, 2.45) is 0 Å². The Labute approximate surface area is 144 Å². The molecular weight excluding hydrogens is 302 g/mol. The highest BCUT2D eigenvalue weighted by Crippen LogP contribution is 2.32. The Hall–Kier alpha value is -1.70. The van der Waals surface area contributed by atoms with Gasteiger partial charge in [0.25, 0.3) is 6.43 Å². The SMILES string of the molecule is CC(C)c1ccc(CC(C)c2ccccc2C(C)C)cc1C(F)F. The predicted octanol–water partition coefficient (Wildman–Crippen LogP) is 7.22. The Kier molecular flexibility index (Phi) is 6.15. The molecule has 0 aliphatic carbocycles. The van der Waals surface area contributed by atoms with Crippen molar-refractivity contribution in [2.45, 2.75) is 65.2 Å². The predicted molar refractivity (Wildman–Crippen MR) is 98.1 cm³/mol. The van der Waals surface area contributed by atoms with Crippen molar-refractivity contribution in [3.63, 3.8) is 0 Å². The van der Waals surface area contributed by atoms with Gasteiger partial charge in [-0.05, 0) is 52.5 Å². The van der Waals surface area contributed by atoms with Crippen LogP contribution in [0.5, 0.6) is 0 Å². The molecule has 0 radical (unpaired) electrons. The molecule has 0 bridgehead atoms. The van der Waals surface area contributed by atoms with E-state index in [1.54, 1.807) is 6.07 Å². The first-order valence-corrected chi connectivity index (χ1v) is 8.81. The highest BCUT2D eigenvalue weighted by Gasteiger charge is 2.18. The molecule has 0 fully saturated rings. The molecule has 0 aliphatic rings. The topological polar surface area (TPSA) is 0 Å². The molecule has 2 aromatic carbocycles. The van der Waals surface area contributed by atoms with Gasteiger partial charge in [0, 0.05) is 5.56 Å². The normalized spacial score (nSPS) is 13.1. The van der Waals surface area contributed by atoms with Crippen molar-refractivity contribution in [1.82, 2.24) is 0 Å². The van der Waals surface area contributed by atoms with E-state index in [0.717, 1.165) is 17.5 Å². The summed E-state index contributed by atoms with van der Waals surface area (Å²) in [7, 11) is 0. The average molecular weight is 330 g/mol. The Morgan fingerprint density at radius 2 is 1.25 bits per heavy atom. The number of hydrogen-bond acceptors (Lipinski definition) is 0. The van der Waals surface area contributed by atoms with E-state index in [1.165, 1.54) is 11.1 Å². The van der Waals surface area contributed by atoms with Crippen LogP contribution in [0.4, 0.5) is 8.78 Å². The van der Waals surface area contributed by atoms with Crippen LogP contribution in [0.15, 0.2) is 42.5 Å². The summed E-state index contributed by atoms with van der Waals surface area (Å²) in [5, 5.41) is 0. The second kappa shape index (κ2) is 7.92. The summed E-state index contributed by atoms with van der Waals surface area (Å²) in [6, 6.07) is 14.0. The molecule has 0 saturated carbocycles. The van der Waals surface area contributed by atoms with Gasteiger partial charge in [0.2, 0.25) is 0 Å². The highest BCUT2D eigenvalue weighted by atomic mass is 19.3. The Morgan fingerprint density at radius 1 is 0.708 bits per heavy atom. The average Bonchev–Trinajstić information content (AvgIpc) is 2.54. The van der Waals surface area contributed by atoms with Gasteiger partial charge < -0.3 is 0 Å². The van der Waals surface area contributed by atoms with Crippen molar-refractivity contribution in [2.75, 3.05) is 0 Å². The summed E-state index contributed by atoms with van der Waals surface area (Å²) >= 11 is 0. The van der Waals surface area contributed by atoms with Crippen molar-refractivity contribution in [3.8, 4) is 0 Å². The summed E-state index contributed by atoms with van der Waals surface area (Å²) in [6.45, 7) is 10.5. The molecule has 0 nitrogen and oxygen atoms in total. The number of benzene rings is 2. The van der Waals surface area contributed by atoms with Gasteiger partial charge in [-0.1, -0.05) is 71.0 Å². The van der Waals surface area contributed by atoms with E-state index in [4.69, 9.17) is 0 Å². The van der Waals surface area contributed by atoms with Crippen LogP contribution in [-0.4, -0.2) is 0 Å². The Balaban J connectivity index is 2.30. The van der Waals surface area contributed by atoms with Gasteiger partial charge >= 0.3 is 0 Å². The first-order chi connectivity index (χ1) is 11.3. The van der Waals surface area contributed by atoms with Crippen molar-refractivity contribution >= 4 is 0 Å². The van der Waals surface area contributed by atoms with E-state index in [0.29, 0.717) is 11.8 Å². The lowest BCUT2D eigenvalue weighted by Gasteiger charge is -2.20. The smallest absolute Gasteiger partial charge is 0.205 e. The standard InChI is InChI=1S/C22H28F2/c1-14(2)18-8-6-7-9-20(18)16(5)12-17-10-11-19(15(3)4)21(13-17)22(23)24/h6-11,13-16,22H,12H2,1-5H3. The van der Waals surface area contributed by atoms with Gasteiger partial charge in [0.1, 0.15) is 0 Å². The lowest BCUT2D eigenvalue weighted by molar-refractivity contribution is 0.149. The molecule has 0 spiro atoms. The third-order valence-corrected chi connectivity index (χ3v) is 4.70. The minimum atomic E-state index is -2.42. The molecule has 130 valence electrons. The summed E-state index contributed by atoms with van der Waals surface area (Å²) in [5.74, 6) is 0.879. The van der Waals surface area contributed by atoms with Crippen LogP contribution in [0.3, 0.4) is 0 Å². The molecule has 2 heteroatoms. The molecule has 2 rings (SSSR count). The molecule has 0 N–H and O–H groups in total. The number of hydrogen-bond donors (Lipinski definition) is 0. The van der Waals surface area contributed by atoms with Gasteiger partial charge in [0.05, 0.1) is 0 Å². The monoisotopic (exact) mass is 330 g/mol. The van der Waals surface area contributed by atoms with Crippen molar-refractivity contribution in [1.29, 1.82) is 0 Å². The summed E-state index contributed by atoms with van der Waals surface area (Å²) < 4.78 is 26.8. The second-order valence-electron chi connectivity index (χ2n) is 7.31. The van der Waals surface area contributed by atoms with E-state index >= 15 is 0 Å². The number of alkyl halides is 2. The molecule has 0 saturated heterocycles. The van der Waals surface area contributed by atoms with Crippen LogP contribution in [0, 0.1) is 0 Å². The largest absolute Gasteiger partial charge is 0.264 e. The van der Waals surface area contributed by atoms with E-state index in [2.05, 4.69) is 45.0 Å². The van der Waals surface area contributed by atoms with Crippen LogP contribution in [-0.2, 0) is 6.42 Å². The van der Waals surface area contributed by atoms with Gasteiger partial charge in [0.15, 0.2) is 0 Å². The zero-order valence-electron chi connectivity index (χ0n) is 15.3. The minimum Gasteiger partial charge on any atom is -0.205 e. The molecule has 1 atom stereocenters. The van der Waals surface area contributed by atoms with Gasteiger partial charge in [-0.2, -0.15) is 0 Å². The third kappa shape index (κ3) is 4.23. The molecule has 0 aromatic heterocycles. The molecule has 0 heterocycles. The second-order valence-corrected chi connectivity index (χ2v) is 7.31. The highest BCUT2D eigenvalue weighted by molar-refractivity contribution is 5.38. The summed E-state index contributed by atoms with van der Waals surface area (Å²) in [5.41, 5.74) is 4.59. The Bertz CT molecular complexity index is 671. The fourth-order valence-electron chi connectivity index (χ4n) is 3.41. The molecule has 2 aromatic rings. The molecule has 1 unspecified atom stereocenters. The number of rotatable bonds is 6. The first-order valence-electron chi connectivity index (χ1n) is 8.81. The maximum Gasteiger partial charge on any atom is 0.264 e. The minimum absolute atomic E-state index is 0.113. The molecular formula is C22H28F2. The maximum atomic E-state index is 13.4. The van der Waals surface area contributed by atoms with Gasteiger partial charge in [-0.25, -0.2) is 8.78 Å². The first kappa shape index (κ1) is 18.6. The van der Waals surface area contributed by atoms with Crippen LogP contribution >= 0.6 is 0 Å². The molecule has 0 amide bonds. The van der Waals surface area contributed by atoms with E-state index in [1.807, 2.05) is 26.0 Å². The maximum absolute atomic E-state index is 13.4. The lowest BCUT2D eigenvalue weighted by atomic mass is 9.85. The van der Waals surface area contributed by atoms with Crippen molar-refractivity contribution in [3.05, 3.63) is 70.3 Å². The number of halogens is 2. The van der Waals surface area contributed by atoms with Crippen LogP contribution < -0.4 is 0 Å². The fraction of sp³-hybridized carbons (Fsp3) is 0.455.